The molecule has 0 aliphatic carbocycles. The lowest BCUT2D eigenvalue weighted by molar-refractivity contribution is 0.0984. The van der Waals surface area contributed by atoms with E-state index in [9.17, 15) is 4.79 Å². The lowest BCUT2D eigenvalue weighted by Gasteiger charge is -2.28. The minimum absolute atomic E-state index is 0.0918. The molecule has 5 rings (SSSR count). The van der Waals surface area contributed by atoms with Gasteiger partial charge in [-0.3, -0.25) is 4.79 Å². The van der Waals surface area contributed by atoms with Crippen LogP contribution in [0.3, 0.4) is 0 Å². The summed E-state index contributed by atoms with van der Waals surface area (Å²) < 4.78 is 0. The van der Waals surface area contributed by atoms with Crippen molar-refractivity contribution in [2.75, 3.05) is 34.8 Å². The number of para-hydroxylation sites is 1. The topological polar surface area (TPSA) is 61.4 Å². The molecule has 0 radical (unpaired) electrons. The molecule has 1 amide bonds. The second kappa shape index (κ2) is 8.14. The monoisotopic (exact) mass is 399 g/mol. The minimum Gasteiger partial charge on any atom is -0.372 e. The lowest BCUT2D eigenvalue weighted by Crippen LogP contribution is -2.29. The Kier molecular flexibility index (Phi) is 5.05. The summed E-state index contributed by atoms with van der Waals surface area (Å²) in [5.74, 6) is 0.525. The first-order valence-corrected chi connectivity index (χ1v) is 10.6. The van der Waals surface area contributed by atoms with Gasteiger partial charge in [-0.15, -0.1) is 0 Å². The predicted molar refractivity (Wildman–Crippen MR) is 120 cm³/mol. The first-order valence-electron chi connectivity index (χ1n) is 10.6. The third-order valence-corrected chi connectivity index (χ3v) is 5.88. The van der Waals surface area contributed by atoms with Gasteiger partial charge in [0.2, 0.25) is 0 Å². The quantitative estimate of drug-likeness (QED) is 0.704. The number of aromatic nitrogens is 2. The molecule has 0 saturated carbocycles. The normalized spacial score (nSPS) is 15.7. The number of fused-ring (bicyclic) bond motifs is 1. The zero-order valence-electron chi connectivity index (χ0n) is 16.9. The average molecular weight is 399 g/mol. The highest BCUT2D eigenvalue weighted by atomic mass is 16.2. The van der Waals surface area contributed by atoms with Crippen molar-refractivity contribution in [3.8, 4) is 0 Å². The molecule has 0 atom stereocenters. The molecule has 0 bridgehead atoms. The molecule has 1 fully saturated rings. The maximum Gasteiger partial charge on any atom is 0.277 e. The summed E-state index contributed by atoms with van der Waals surface area (Å²) in [6.45, 7) is 2.94. The molecule has 6 nitrogen and oxygen atoms in total. The highest BCUT2D eigenvalue weighted by Crippen LogP contribution is 2.29. The van der Waals surface area contributed by atoms with Crippen molar-refractivity contribution < 1.29 is 4.79 Å². The van der Waals surface area contributed by atoms with Crippen LogP contribution in [0.1, 0.15) is 35.3 Å². The average Bonchev–Trinajstić information content (AvgIpc) is 3.24. The summed E-state index contributed by atoms with van der Waals surface area (Å²) in [5.41, 5.74) is 4.77. The van der Waals surface area contributed by atoms with E-state index in [0.29, 0.717) is 18.1 Å². The molecular formula is C24H25N5O. The molecular weight excluding hydrogens is 374 g/mol. The second-order valence-corrected chi connectivity index (χ2v) is 7.84. The Labute approximate surface area is 176 Å². The van der Waals surface area contributed by atoms with E-state index in [1.807, 2.05) is 18.2 Å². The van der Waals surface area contributed by atoms with E-state index < -0.39 is 0 Å². The zero-order chi connectivity index (χ0) is 20.3. The van der Waals surface area contributed by atoms with Crippen LogP contribution < -0.4 is 15.1 Å². The number of amides is 1. The molecule has 30 heavy (non-hydrogen) atoms. The Morgan fingerprint density at radius 3 is 2.53 bits per heavy atom. The Balaban J connectivity index is 1.30. The van der Waals surface area contributed by atoms with Crippen molar-refractivity contribution in [3.05, 3.63) is 72.2 Å². The molecule has 2 aliphatic rings. The van der Waals surface area contributed by atoms with E-state index in [-0.39, 0.29) is 5.91 Å². The molecule has 2 aliphatic heterocycles. The first-order chi connectivity index (χ1) is 14.8. The van der Waals surface area contributed by atoms with Crippen molar-refractivity contribution in [2.45, 2.75) is 25.7 Å². The van der Waals surface area contributed by atoms with Crippen molar-refractivity contribution in [2.24, 2.45) is 0 Å². The van der Waals surface area contributed by atoms with E-state index in [1.54, 1.807) is 11.0 Å². The lowest BCUT2D eigenvalue weighted by atomic mass is 10.1. The van der Waals surface area contributed by atoms with Crippen LogP contribution in [0.2, 0.25) is 0 Å². The smallest absolute Gasteiger partial charge is 0.277 e. The van der Waals surface area contributed by atoms with Gasteiger partial charge in [0.1, 0.15) is 17.8 Å². The number of carbonyl (C=O) groups is 1. The highest BCUT2D eigenvalue weighted by Gasteiger charge is 2.26. The molecule has 0 unspecified atom stereocenters. The predicted octanol–water partition coefficient (Wildman–Crippen LogP) is 4.41. The molecule has 3 aromatic rings. The fourth-order valence-electron chi connectivity index (χ4n) is 4.29. The molecule has 152 valence electrons. The molecule has 3 heterocycles. The summed E-state index contributed by atoms with van der Waals surface area (Å²) in [6.07, 6.45) is 6.17. The van der Waals surface area contributed by atoms with E-state index >= 15 is 0 Å². The van der Waals surface area contributed by atoms with Crippen LogP contribution in [-0.4, -0.2) is 35.5 Å². The number of hydrogen-bond acceptors (Lipinski definition) is 5. The number of nitrogens with one attached hydrogen (secondary N) is 1. The van der Waals surface area contributed by atoms with Gasteiger partial charge in [-0.2, -0.15) is 0 Å². The highest BCUT2D eigenvalue weighted by molar-refractivity contribution is 6.06. The van der Waals surface area contributed by atoms with Crippen molar-refractivity contribution in [3.63, 3.8) is 0 Å². The van der Waals surface area contributed by atoms with Crippen LogP contribution in [-0.2, 0) is 6.42 Å². The number of piperidine rings is 1. The third-order valence-electron chi connectivity index (χ3n) is 5.88. The number of rotatable bonds is 4. The summed E-state index contributed by atoms with van der Waals surface area (Å²) in [4.78, 5) is 25.8. The fourth-order valence-corrected chi connectivity index (χ4v) is 4.29. The zero-order valence-corrected chi connectivity index (χ0v) is 16.9. The van der Waals surface area contributed by atoms with Crippen molar-refractivity contribution in [1.29, 1.82) is 0 Å². The third kappa shape index (κ3) is 3.73. The molecule has 2 aromatic carbocycles. The van der Waals surface area contributed by atoms with Gasteiger partial charge in [0.05, 0.1) is 0 Å². The number of anilines is 4. The van der Waals surface area contributed by atoms with Gasteiger partial charge in [-0.05, 0) is 61.6 Å². The first kappa shape index (κ1) is 18.6. The fraction of sp³-hybridized carbons (Fsp3) is 0.292. The van der Waals surface area contributed by atoms with E-state index in [2.05, 4.69) is 50.5 Å². The Hall–Kier alpha value is -3.41. The van der Waals surface area contributed by atoms with Crippen LogP contribution in [0.4, 0.5) is 22.9 Å². The second-order valence-electron chi connectivity index (χ2n) is 7.84. The minimum atomic E-state index is -0.0918. The SMILES string of the molecule is O=C(c1cc(Nc2ccc(N3CCCCC3)cc2)ncn1)N1CCc2ccccc21. The maximum absolute atomic E-state index is 13.0. The number of carbonyl (C=O) groups excluding carboxylic acids is 1. The van der Waals surface area contributed by atoms with Crippen LogP contribution in [0.5, 0.6) is 0 Å². The summed E-state index contributed by atoms with van der Waals surface area (Å²) in [7, 11) is 0. The summed E-state index contributed by atoms with van der Waals surface area (Å²) in [5, 5.41) is 3.30. The Bertz CT molecular complexity index is 1040. The standard InChI is InChI=1S/C24H25N5O/c30-24(29-15-12-18-6-2-3-7-22(18)29)21-16-23(26-17-25-21)27-19-8-10-20(11-9-19)28-13-4-1-5-14-28/h2-3,6-11,16-17H,1,4-5,12-15H2,(H,25,26,27). The van der Waals surface area contributed by atoms with E-state index in [0.717, 1.165) is 30.9 Å². The Morgan fingerprint density at radius 2 is 1.70 bits per heavy atom. The van der Waals surface area contributed by atoms with Crippen molar-refractivity contribution in [1.82, 2.24) is 9.97 Å². The number of benzene rings is 2. The van der Waals surface area contributed by atoms with Crippen LogP contribution in [0.25, 0.3) is 0 Å². The summed E-state index contributed by atoms with van der Waals surface area (Å²) >= 11 is 0. The van der Waals surface area contributed by atoms with Crippen LogP contribution in [0.15, 0.2) is 60.9 Å². The van der Waals surface area contributed by atoms with Gasteiger partial charge in [0, 0.05) is 42.8 Å². The summed E-state index contributed by atoms with van der Waals surface area (Å²) in [6, 6.07) is 18.2. The van der Waals surface area contributed by atoms with E-state index in [4.69, 9.17) is 0 Å². The van der Waals surface area contributed by atoms with Gasteiger partial charge in [0.15, 0.2) is 0 Å². The molecule has 1 saturated heterocycles. The van der Waals surface area contributed by atoms with Crippen molar-refractivity contribution >= 4 is 28.8 Å². The molecule has 1 N–H and O–H groups in total. The molecule has 1 aromatic heterocycles. The van der Waals surface area contributed by atoms with Crippen LogP contribution in [0, 0.1) is 0 Å². The van der Waals surface area contributed by atoms with Gasteiger partial charge in [-0.25, -0.2) is 9.97 Å². The molecule has 6 heteroatoms. The largest absolute Gasteiger partial charge is 0.372 e. The number of nitrogens with zero attached hydrogens (tertiary/aromatic N) is 4. The van der Waals surface area contributed by atoms with Gasteiger partial charge < -0.3 is 15.1 Å². The van der Waals surface area contributed by atoms with Crippen LogP contribution >= 0.6 is 0 Å². The number of hydrogen-bond donors (Lipinski definition) is 1. The van der Waals surface area contributed by atoms with Gasteiger partial charge in [-0.1, -0.05) is 18.2 Å². The molecule has 0 spiro atoms. The maximum atomic E-state index is 13.0. The van der Waals surface area contributed by atoms with Gasteiger partial charge in [0.25, 0.3) is 5.91 Å². The Morgan fingerprint density at radius 1 is 0.900 bits per heavy atom. The van der Waals surface area contributed by atoms with E-state index in [1.165, 1.54) is 36.8 Å². The van der Waals surface area contributed by atoms with Gasteiger partial charge >= 0.3 is 0 Å².